The molecule has 8 heteroatoms. The highest BCUT2D eigenvalue weighted by Gasteiger charge is 2.35. The molecular weight excluding hydrogens is 462 g/mol. The molecule has 1 aliphatic heterocycles. The number of halogens is 1. The Morgan fingerprint density at radius 2 is 1.90 bits per heavy atom. The Bertz CT molecular complexity index is 1030. The molecular formula is C23H24BrN3O4. The number of esters is 1. The molecule has 2 aromatic carbocycles. The summed E-state index contributed by atoms with van der Waals surface area (Å²) in [6, 6.07) is 13.2. The number of ether oxygens (including phenoxy) is 1. The number of amides is 3. The molecule has 1 unspecified atom stereocenters. The topological polar surface area (TPSA) is 87.7 Å². The molecule has 0 spiro atoms. The summed E-state index contributed by atoms with van der Waals surface area (Å²) in [5.74, 6) is -0.725. The molecule has 1 aliphatic rings. The molecule has 0 aromatic heterocycles. The third-order valence-corrected chi connectivity index (χ3v) is 5.53. The normalized spacial score (nSPS) is 16.1. The van der Waals surface area contributed by atoms with Gasteiger partial charge in [-0.05, 0) is 49.2 Å². The van der Waals surface area contributed by atoms with Gasteiger partial charge < -0.3 is 15.4 Å². The molecule has 1 heterocycles. The van der Waals surface area contributed by atoms with E-state index in [-0.39, 0.29) is 11.9 Å². The lowest BCUT2D eigenvalue weighted by Crippen LogP contribution is -2.48. The largest absolute Gasteiger partial charge is 0.466 e. The second-order valence-electron chi connectivity index (χ2n) is 7.11. The van der Waals surface area contributed by atoms with E-state index < -0.39 is 12.0 Å². The van der Waals surface area contributed by atoms with E-state index in [4.69, 9.17) is 4.74 Å². The Morgan fingerprint density at radius 3 is 2.52 bits per heavy atom. The molecule has 1 atom stereocenters. The minimum atomic E-state index is -0.636. The Balaban J connectivity index is 1.85. The van der Waals surface area contributed by atoms with E-state index in [1.807, 2.05) is 13.0 Å². The van der Waals surface area contributed by atoms with Gasteiger partial charge in [0.25, 0.3) is 5.91 Å². The van der Waals surface area contributed by atoms with Crippen LogP contribution >= 0.6 is 15.9 Å². The second kappa shape index (κ2) is 9.78. The number of urea groups is 1. The maximum Gasteiger partial charge on any atom is 0.337 e. The number of allylic oxidation sites excluding steroid dienone is 1. The summed E-state index contributed by atoms with van der Waals surface area (Å²) in [6.07, 6.45) is 0.760. The smallest absolute Gasteiger partial charge is 0.337 e. The third-order valence-electron chi connectivity index (χ3n) is 5.04. The highest BCUT2D eigenvalue weighted by molar-refractivity contribution is 9.10. The minimum absolute atomic E-state index is 0.235. The zero-order valence-corrected chi connectivity index (χ0v) is 19.2. The van der Waals surface area contributed by atoms with E-state index in [9.17, 15) is 14.4 Å². The van der Waals surface area contributed by atoms with Crippen molar-refractivity contribution in [3.8, 4) is 0 Å². The van der Waals surface area contributed by atoms with Crippen LogP contribution in [0.25, 0.3) is 0 Å². The van der Waals surface area contributed by atoms with Gasteiger partial charge in [0.05, 0.1) is 18.7 Å². The molecule has 0 aliphatic carbocycles. The maximum absolute atomic E-state index is 12.6. The predicted molar refractivity (Wildman–Crippen MR) is 122 cm³/mol. The molecule has 7 nitrogen and oxygen atoms in total. The fraction of sp³-hybridized carbons (Fsp3) is 0.261. The molecule has 31 heavy (non-hydrogen) atoms. The first-order valence-corrected chi connectivity index (χ1v) is 10.7. The van der Waals surface area contributed by atoms with Crippen LogP contribution < -0.4 is 10.6 Å². The van der Waals surface area contributed by atoms with E-state index >= 15 is 0 Å². The van der Waals surface area contributed by atoms with E-state index in [1.165, 1.54) is 7.11 Å². The van der Waals surface area contributed by atoms with Crippen LogP contribution in [0.3, 0.4) is 0 Å². The summed E-state index contributed by atoms with van der Waals surface area (Å²) >= 11 is 3.36. The third kappa shape index (κ3) is 4.96. The number of nitrogens with one attached hydrogen (secondary N) is 2. The van der Waals surface area contributed by atoms with Crippen LogP contribution in [0.1, 0.15) is 42.2 Å². The first-order chi connectivity index (χ1) is 14.8. The van der Waals surface area contributed by atoms with Gasteiger partial charge in [-0.15, -0.1) is 0 Å². The highest BCUT2D eigenvalue weighted by Crippen LogP contribution is 2.32. The van der Waals surface area contributed by atoms with E-state index in [1.54, 1.807) is 54.3 Å². The van der Waals surface area contributed by atoms with Crippen molar-refractivity contribution < 1.29 is 19.1 Å². The maximum atomic E-state index is 12.6. The Morgan fingerprint density at radius 1 is 1.19 bits per heavy atom. The lowest BCUT2D eigenvalue weighted by Gasteiger charge is -2.35. The van der Waals surface area contributed by atoms with E-state index in [0.29, 0.717) is 34.6 Å². The molecule has 3 amide bonds. The van der Waals surface area contributed by atoms with Crippen molar-refractivity contribution in [2.24, 2.45) is 0 Å². The van der Waals surface area contributed by atoms with Gasteiger partial charge in [0.15, 0.2) is 0 Å². The van der Waals surface area contributed by atoms with Crippen LogP contribution in [0.5, 0.6) is 0 Å². The molecule has 0 radical (unpaired) electrons. The second-order valence-corrected chi connectivity index (χ2v) is 8.03. The highest BCUT2D eigenvalue weighted by atomic mass is 79.9. The average Bonchev–Trinajstić information content (AvgIpc) is 2.76. The van der Waals surface area contributed by atoms with Gasteiger partial charge in [0.1, 0.15) is 0 Å². The lowest BCUT2D eigenvalue weighted by molar-refractivity contribution is -0.136. The molecule has 3 rings (SSSR count). The average molecular weight is 486 g/mol. The van der Waals surface area contributed by atoms with Gasteiger partial charge in [-0.1, -0.05) is 41.1 Å². The predicted octanol–water partition coefficient (Wildman–Crippen LogP) is 4.62. The summed E-state index contributed by atoms with van der Waals surface area (Å²) in [5, 5.41) is 5.73. The van der Waals surface area contributed by atoms with Crippen molar-refractivity contribution in [3.63, 3.8) is 0 Å². The van der Waals surface area contributed by atoms with Gasteiger partial charge in [-0.2, -0.15) is 0 Å². The molecule has 0 saturated heterocycles. The van der Waals surface area contributed by atoms with Gasteiger partial charge in [-0.3, -0.25) is 9.69 Å². The van der Waals surface area contributed by atoms with Gasteiger partial charge in [0.2, 0.25) is 0 Å². The van der Waals surface area contributed by atoms with Crippen LogP contribution in [0.4, 0.5) is 10.5 Å². The van der Waals surface area contributed by atoms with Crippen molar-refractivity contribution in [1.29, 1.82) is 0 Å². The molecule has 0 saturated carbocycles. The summed E-state index contributed by atoms with van der Waals surface area (Å²) < 4.78 is 5.79. The van der Waals surface area contributed by atoms with Gasteiger partial charge in [0, 0.05) is 28.0 Å². The number of nitrogens with zero attached hydrogens (tertiary/aromatic N) is 1. The first-order valence-electron chi connectivity index (χ1n) is 9.89. The number of hydrogen-bond acceptors (Lipinski definition) is 4. The van der Waals surface area contributed by atoms with Crippen LogP contribution in [0, 0.1) is 0 Å². The van der Waals surface area contributed by atoms with E-state index in [2.05, 4.69) is 26.6 Å². The minimum Gasteiger partial charge on any atom is -0.466 e. The molecule has 162 valence electrons. The van der Waals surface area contributed by atoms with Crippen LogP contribution in [-0.4, -0.2) is 36.5 Å². The van der Waals surface area contributed by atoms with Crippen molar-refractivity contribution in [1.82, 2.24) is 10.2 Å². The first kappa shape index (κ1) is 22.6. The molecule has 0 fully saturated rings. The van der Waals surface area contributed by atoms with E-state index in [0.717, 1.165) is 10.9 Å². The number of methoxy groups -OCH3 is 1. The van der Waals surface area contributed by atoms with Crippen LogP contribution in [-0.2, 0) is 9.53 Å². The van der Waals surface area contributed by atoms with Crippen molar-refractivity contribution in [2.45, 2.75) is 26.3 Å². The fourth-order valence-electron chi connectivity index (χ4n) is 3.49. The summed E-state index contributed by atoms with van der Waals surface area (Å²) in [7, 11) is 1.32. The zero-order valence-electron chi connectivity index (χ0n) is 17.6. The number of benzene rings is 2. The number of rotatable bonds is 6. The summed E-state index contributed by atoms with van der Waals surface area (Å²) in [4.78, 5) is 39.1. The fourth-order valence-corrected chi connectivity index (χ4v) is 3.89. The summed E-state index contributed by atoms with van der Waals surface area (Å²) in [5.41, 5.74) is 2.81. The quantitative estimate of drug-likeness (QED) is 0.584. The molecule has 2 aromatic rings. The number of hydrogen-bond donors (Lipinski definition) is 2. The monoisotopic (exact) mass is 485 g/mol. The Labute approximate surface area is 189 Å². The van der Waals surface area contributed by atoms with Crippen molar-refractivity contribution in [3.05, 3.63) is 75.4 Å². The number of carbonyl (C=O) groups is 3. The van der Waals surface area contributed by atoms with Crippen molar-refractivity contribution >= 4 is 39.5 Å². The van der Waals surface area contributed by atoms with Crippen LogP contribution in [0.15, 0.2) is 64.3 Å². The van der Waals surface area contributed by atoms with Crippen LogP contribution in [0.2, 0.25) is 0 Å². The zero-order chi connectivity index (χ0) is 22.5. The standard InChI is InChI=1S/C23H24BrN3O4/c1-4-12-27-14(2)19(22(29)31-3)20(26-23(27)30)15-8-10-18(11-9-15)25-21(28)16-6-5-7-17(24)13-16/h5-11,13,20H,4,12H2,1-3H3,(H,25,28)(H,26,30). The Hall–Kier alpha value is -3.13. The number of anilines is 1. The van der Waals surface area contributed by atoms with Crippen molar-refractivity contribution in [2.75, 3.05) is 19.0 Å². The molecule has 2 N–H and O–H groups in total. The van der Waals surface area contributed by atoms with Gasteiger partial charge in [-0.25, -0.2) is 9.59 Å². The SMILES string of the molecule is CCCN1C(=O)NC(c2ccc(NC(=O)c3cccc(Br)c3)cc2)C(C(=O)OC)=C1C. The number of carbonyl (C=O) groups excluding carboxylic acids is 3. The Kier molecular flexibility index (Phi) is 7.12. The molecule has 0 bridgehead atoms. The summed E-state index contributed by atoms with van der Waals surface area (Å²) in [6.45, 7) is 4.22. The van der Waals surface area contributed by atoms with Gasteiger partial charge >= 0.3 is 12.0 Å². The lowest BCUT2D eigenvalue weighted by atomic mass is 9.94.